The second kappa shape index (κ2) is 4.98. The van der Waals surface area contributed by atoms with Gasteiger partial charge in [-0.15, -0.1) is 0 Å². The van der Waals surface area contributed by atoms with E-state index < -0.39 is 11.9 Å². The molecule has 0 aliphatic carbocycles. The number of aliphatic hydroxyl groups is 1. The van der Waals surface area contributed by atoms with Crippen molar-refractivity contribution in [2.45, 2.75) is 12.5 Å². The van der Waals surface area contributed by atoms with E-state index in [-0.39, 0.29) is 5.56 Å². The first-order valence-corrected chi connectivity index (χ1v) is 5.44. The summed E-state index contributed by atoms with van der Waals surface area (Å²) in [6, 6.07) is 5.87. The van der Waals surface area contributed by atoms with Gasteiger partial charge in [-0.1, -0.05) is 6.07 Å². The number of nitrogens with zero attached hydrogens (tertiary/aromatic N) is 3. The van der Waals surface area contributed by atoms with Crippen LogP contribution in [0.15, 0.2) is 30.7 Å². The predicted octanol–water partition coefficient (Wildman–Crippen LogP) is 1.71. The Bertz CT molecular complexity index is 601. The summed E-state index contributed by atoms with van der Waals surface area (Å²) in [6.45, 7) is 0. The molecule has 1 heterocycles. The van der Waals surface area contributed by atoms with E-state index in [9.17, 15) is 9.50 Å². The quantitative estimate of drug-likeness (QED) is 0.895. The number of rotatable bonds is 3. The highest BCUT2D eigenvalue weighted by molar-refractivity contribution is 5.34. The van der Waals surface area contributed by atoms with Crippen molar-refractivity contribution >= 4 is 0 Å². The number of imidazole rings is 1. The lowest BCUT2D eigenvalue weighted by atomic mass is 10.0. The van der Waals surface area contributed by atoms with Crippen molar-refractivity contribution in [3.8, 4) is 6.07 Å². The summed E-state index contributed by atoms with van der Waals surface area (Å²) in [4.78, 5) is 3.95. The van der Waals surface area contributed by atoms with Gasteiger partial charge < -0.3 is 9.67 Å². The van der Waals surface area contributed by atoms with Crippen LogP contribution in [0.4, 0.5) is 4.39 Å². The second-order valence-electron chi connectivity index (χ2n) is 4.07. The van der Waals surface area contributed by atoms with Crippen LogP contribution in [0.3, 0.4) is 0 Å². The van der Waals surface area contributed by atoms with Gasteiger partial charge in [0, 0.05) is 25.4 Å². The minimum Gasteiger partial charge on any atom is -0.388 e. The van der Waals surface area contributed by atoms with Crippen LogP contribution < -0.4 is 0 Å². The molecule has 1 aromatic carbocycles. The second-order valence-corrected chi connectivity index (χ2v) is 4.07. The molecule has 2 rings (SSSR count). The van der Waals surface area contributed by atoms with Gasteiger partial charge in [0.1, 0.15) is 11.9 Å². The Balaban J connectivity index is 2.19. The maximum atomic E-state index is 13.4. The maximum absolute atomic E-state index is 13.4. The summed E-state index contributed by atoms with van der Waals surface area (Å²) < 4.78 is 15.2. The summed E-state index contributed by atoms with van der Waals surface area (Å²) in [5.74, 6) is -0.612. The molecule has 0 radical (unpaired) electrons. The molecular weight excluding hydrogens is 233 g/mol. The number of aromatic nitrogens is 2. The third-order valence-electron chi connectivity index (χ3n) is 2.82. The highest BCUT2D eigenvalue weighted by atomic mass is 19.1. The van der Waals surface area contributed by atoms with Crippen molar-refractivity contribution in [2.75, 3.05) is 0 Å². The molecule has 2 aromatic rings. The van der Waals surface area contributed by atoms with Crippen LogP contribution in [-0.2, 0) is 13.5 Å². The number of hydrogen-bond donors (Lipinski definition) is 1. The zero-order chi connectivity index (χ0) is 13.1. The standard InChI is InChI=1S/C13H12FN3O/c1-17-8-16-7-11(17)5-13(18)9-2-3-10(6-15)12(14)4-9/h2-4,7-8,13,18H,5H2,1H3. The van der Waals surface area contributed by atoms with Gasteiger partial charge in [0.2, 0.25) is 0 Å². The van der Waals surface area contributed by atoms with E-state index in [1.807, 2.05) is 7.05 Å². The van der Waals surface area contributed by atoms with Crippen LogP contribution in [0.1, 0.15) is 22.9 Å². The van der Waals surface area contributed by atoms with Gasteiger partial charge in [0.25, 0.3) is 0 Å². The third kappa shape index (κ3) is 2.39. The van der Waals surface area contributed by atoms with Crippen LogP contribution >= 0.6 is 0 Å². The number of aryl methyl sites for hydroxylation is 1. The Morgan fingerprint density at radius 1 is 1.56 bits per heavy atom. The number of nitriles is 1. The number of halogens is 1. The van der Waals surface area contributed by atoms with E-state index in [2.05, 4.69) is 4.98 Å². The lowest BCUT2D eigenvalue weighted by Crippen LogP contribution is -2.06. The number of hydrogen-bond acceptors (Lipinski definition) is 3. The van der Waals surface area contributed by atoms with Crippen molar-refractivity contribution in [1.29, 1.82) is 5.26 Å². The third-order valence-corrected chi connectivity index (χ3v) is 2.82. The van der Waals surface area contributed by atoms with Crippen molar-refractivity contribution in [3.63, 3.8) is 0 Å². The summed E-state index contributed by atoms with van der Waals surface area (Å²) in [6.07, 6.45) is 2.83. The molecule has 0 aliphatic heterocycles. The first-order valence-electron chi connectivity index (χ1n) is 5.44. The van der Waals surface area contributed by atoms with Gasteiger partial charge in [-0.3, -0.25) is 0 Å². The largest absolute Gasteiger partial charge is 0.388 e. The summed E-state index contributed by atoms with van der Waals surface area (Å²) in [7, 11) is 1.83. The van der Waals surface area contributed by atoms with E-state index in [1.165, 1.54) is 12.1 Å². The van der Waals surface area contributed by atoms with Crippen LogP contribution in [0.2, 0.25) is 0 Å². The van der Waals surface area contributed by atoms with Crippen LogP contribution in [0.5, 0.6) is 0 Å². The van der Waals surface area contributed by atoms with Crippen molar-refractivity contribution < 1.29 is 9.50 Å². The Hall–Kier alpha value is -2.19. The highest BCUT2D eigenvalue weighted by Crippen LogP contribution is 2.20. The monoisotopic (exact) mass is 245 g/mol. The van der Waals surface area contributed by atoms with E-state index >= 15 is 0 Å². The van der Waals surface area contributed by atoms with E-state index in [1.54, 1.807) is 29.2 Å². The molecule has 0 fully saturated rings. The first-order chi connectivity index (χ1) is 8.61. The molecule has 1 unspecified atom stereocenters. The Kier molecular flexibility index (Phi) is 3.40. The molecule has 92 valence electrons. The SMILES string of the molecule is Cn1cncc1CC(O)c1ccc(C#N)c(F)c1. The fourth-order valence-corrected chi connectivity index (χ4v) is 1.73. The molecule has 0 saturated heterocycles. The first kappa shape index (κ1) is 12.3. The van der Waals surface area contributed by atoms with Crippen LogP contribution in [0, 0.1) is 17.1 Å². The smallest absolute Gasteiger partial charge is 0.141 e. The molecule has 1 atom stereocenters. The molecule has 0 bridgehead atoms. The van der Waals surface area contributed by atoms with Crippen LogP contribution in [0.25, 0.3) is 0 Å². The molecule has 1 N–H and O–H groups in total. The minimum atomic E-state index is -0.817. The lowest BCUT2D eigenvalue weighted by molar-refractivity contribution is 0.176. The van der Waals surface area contributed by atoms with Gasteiger partial charge in [-0.2, -0.15) is 5.26 Å². The molecule has 0 amide bonds. The molecule has 18 heavy (non-hydrogen) atoms. The van der Waals surface area contributed by atoms with E-state index in [4.69, 9.17) is 5.26 Å². The maximum Gasteiger partial charge on any atom is 0.141 e. The number of benzene rings is 1. The minimum absolute atomic E-state index is 0.0218. The molecule has 1 aromatic heterocycles. The van der Waals surface area contributed by atoms with Crippen molar-refractivity contribution in [1.82, 2.24) is 9.55 Å². The van der Waals surface area contributed by atoms with E-state index in [0.717, 1.165) is 5.69 Å². The van der Waals surface area contributed by atoms with Gasteiger partial charge in [0.05, 0.1) is 18.0 Å². The zero-order valence-electron chi connectivity index (χ0n) is 9.84. The fraction of sp³-hybridized carbons (Fsp3) is 0.231. The van der Waals surface area contributed by atoms with Gasteiger partial charge in [-0.25, -0.2) is 9.37 Å². The Morgan fingerprint density at radius 2 is 2.33 bits per heavy atom. The Morgan fingerprint density at radius 3 is 2.89 bits per heavy atom. The zero-order valence-corrected chi connectivity index (χ0v) is 9.84. The molecule has 5 heteroatoms. The predicted molar refractivity (Wildman–Crippen MR) is 63.0 cm³/mol. The van der Waals surface area contributed by atoms with Crippen LogP contribution in [-0.4, -0.2) is 14.7 Å². The van der Waals surface area contributed by atoms with Gasteiger partial charge in [0.15, 0.2) is 0 Å². The number of aliphatic hydroxyl groups excluding tert-OH is 1. The summed E-state index contributed by atoms with van der Waals surface area (Å²) in [5.41, 5.74) is 1.28. The Labute approximate surface area is 104 Å². The molecule has 4 nitrogen and oxygen atoms in total. The topological polar surface area (TPSA) is 61.8 Å². The fourth-order valence-electron chi connectivity index (χ4n) is 1.73. The molecular formula is C13H12FN3O. The van der Waals surface area contributed by atoms with E-state index in [0.29, 0.717) is 12.0 Å². The molecule has 0 aliphatic rings. The highest BCUT2D eigenvalue weighted by Gasteiger charge is 2.13. The van der Waals surface area contributed by atoms with Crippen molar-refractivity contribution in [2.24, 2.45) is 7.05 Å². The van der Waals surface area contributed by atoms with Crippen molar-refractivity contribution in [3.05, 3.63) is 53.4 Å². The average molecular weight is 245 g/mol. The summed E-state index contributed by atoms with van der Waals surface area (Å²) in [5, 5.41) is 18.6. The molecule has 0 spiro atoms. The normalized spacial score (nSPS) is 12.1. The van der Waals surface area contributed by atoms with Gasteiger partial charge >= 0.3 is 0 Å². The lowest BCUT2D eigenvalue weighted by Gasteiger charge is -2.11. The molecule has 0 saturated carbocycles. The summed E-state index contributed by atoms with van der Waals surface area (Å²) >= 11 is 0. The average Bonchev–Trinajstić information content (AvgIpc) is 2.75. The van der Waals surface area contributed by atoms with Gasteiger partial charge in [-0.05, 0) is 17.7 Å².